The van der Waals surface area contributed by atoms with Crippen LogP contribution in [0.1, 0.15) is 15.9 Å². The molecule has 0 aliphatic carbocycles. The topological polar surface area (TPSA) is 86.5 Å². The van der Waals surface area contributed by atoms with Gasteiger partial charge in [-0.05, 0) is 42.5 Å². The molecule has 1 amide bonds. The number of fused-ring (bicyclic) bond motifs is 1. The predicted octanol–water partition coefficient (Wildman–Crippen LogP) is 3.74. The molecule has 3 aromatic rings. The summed E-state index contributed by atoms with van der Waals surface area (Å²) in [5.41, 5.74) is -0.269. The number of carbonyl (C=O) groups is 1. The SMILES string of the molecule is O=C(Nc1nnc(-c2ccc3c(c2)OCO3)o1)c1ccc(C(F)(F)F)cc1. The number of aromatic nitrogens is 2. The van der Waals surface area contributed by atoms with Gasteiger partial charge in [0.1, 0.15) is 0 Å². The molecule has 4 rings (SSSR count). The van der Waals surface area contributed by atoms with Crippen LogP contribution in [0.5, 0.6) is 11.5 Å². The highest BCUT2D eigenvalue weighted by Crippen LogP contribution is 2.35. The van der Waals surface area contributed by atoms with E-state index in [0.29, 0.717) is 17.1 Å². The molecule has 1 aromatic heterocycles. The van der Waals surface area contributed by atoms with Crippen molar-refractivity contribution in [3.05, 3.63) is 53.6 Å². The van der Waals surface area contributed by atoms with Gasteiger partial charge in [-0.15, -0.1) is 5.10 Å². The molecule has 0 saturated heterocycles. The normalized spacial score (nSPS) is 12.9. The van der Waals surface area contributed by atoms with Gasteiger partial charge in [-0.25, -0.2) is 0 Å². The summed E-state index contributed by atoms with van der Waals surface area (Å²) in [6, 6.07) is 8.59. The van der Waals surface area contributed by atoms with Crippen LogP contribution >= 0.6 is 0 Å². The Morgan fingerprint density at radius 3 is 2.48 bits per heavy atom. The Hall–Kier alpha value is -3.56. The average Bonchev–Trinajstić information content (AvgIpc) is 3.29. The van der Waals surface area contributed by atoms with Crippen molar-refractivity contribution < 1.29 is 31.9 Å². The standard InChI is InChI=1S/C17H10F3N3O4/c18-17(19,20)11-4-1-9(2-5-11)14(24)21-16-23-22-15(27-16)10-3-6-12-13(7-10)26-8-25-12/h1-7H,8H2,(H,21,23,24). The number of hydrogen-bond donors (Lipinski definition) is 1. The van der Waals surface area contributed by atoms with Gasteiger partial charge in [-0.3, -0.25) is 10.1 Å². The number of hydrogen-bond acceptors (Lipinski definition) is 6. The molecule has 138 valence electrons. The second kappa shape index (κ2) is 6.31. The van der Waals surface area contributed by atoms with Crippen LogP contribution in [-0.4, -0.2) is 22.9 Å². The number of carbonyl (C=O) groups excluding carboxylic acids is 1. The van der Waals surface area contributed by atoms with Gasteiger partial charge in [-0.2, -0.15) is 13.2 Å². The molecule has 0 saturated carbocycles. The van der Waals surface area contributed by atoms with E-state index in [1.807, 2.05) is 0 Å². The van der Waals surface area contributed by atoms with Crippen molar-refractivity contribution >= 4 is 11.9 Å². The van der Waals surface area contributed by atoms with E-state index in [1.165, 1.54) is 0 Å². The lowest BCUT2D eigenvalue weighted by atomic mass is 10.1. The third-order valence-electron chi connectivity index (χ3n) is 3.74. The number of ether oxygens (including phenoxy) is 2. The van der Waals surface area contributed by atoms with Gasteiger partial charge >= 0.3 is 12.2 Å². The monoisotopic (exact) mass is 377 g/mol. The molecular formula is C17H10F3N3O4. The molecule has 7 nitrogen and oxygen atoms in total. The van der Waals surface area contributed by atoms with Gasteiger partial charge in [0.05, 0.1) is 5.56 Å². The molecule has 1 N–H and O–H groups in total. The first-order chi connectivity index (χ1) is 12.9. The molecule has 0 unspecified atom stereocenters. The summed E-state index contributed by atoms with van der Waals surface area (Å²) in [4.78, 5) is 12.1. The minimum absolute atomic E-state index is 0.0193. The van der Waals surface area contributed by atoms with E-state index in [-0.39, 0.29) is 24.3 Å². The maximum Gasteiger partial charge on any atom is 0.416 e. The Kier molecular flexibility index (Phi) is 3.94. The van der Waals surface area contributed by atoms with Crippen LogP contribution in [0.4, 0.5) is 19.2 Å². The molecule has 1 aliphatic rings. The van der Waals surface area contributed by atoms with Crippen LogP contribution in [0.3, 0.4) is 0 Å². The number of amides is 1. The Labute approximate surface area is 149 Å². The summed E-state index contributed by atoms with van der Waals surface area (Å²) in [7, 11) is 0. The molecule has 0 radical (unpaired) electrons. The highest BCUT2D eigenvalue weighted by Gasteiger charge is 2.30. The van der Waals surface area contributed by atoms with Crippen LogP contribution in [0.2, 0.25) is 0 Å². The fraction of sp³-hybridized carbons (Fsp3) is 0.118. The van der Waals surface area contributed by atoms with Crippen LogP contribution in [-0.2, 0) is 6.18 Å². The van der Waals surface area contributed by atoms with Gasteiger partial charge in [0, 0.05) is 11.1 Å². The van der Waals surface area contributed by atoms with Crippen molar-refractivity contribution in [2.24, 2.45) is 0 Å². The van der Waals surface area contributed by atoms with Crippen LogP contribution in [0.15, 0.2) is 46.9 Å². The number of halogens is 3. The summed E-state index contributed by atoms with van der Waals surface area (Å²) in [5.74, 6) is 0.579. The summed E-state index contributed by atoms with van der Waals surface area (Å²) in [5, 5.41) is 9.88. The van der Waals surface area contributed by atoms with E-state index in [0.717, 1.165) is 24.3 Å². The van der Waals surface area contributed by atoms with E-state index >= 15 is 0 Å². The maximum absolute atomic E-state index is 12.6. The second-order valence-electron chi connectivity index (χ2n) is 5.51. The van der Waals surface area contributed by atoms with Crippen molar-refractivity contribution in [1.82, 2.24) is 10.2 Å². The number of rotatable bonds is 3. The summed E-state index contributed by atoms with van der Waals surface area (Å²) in [6.07, 6.45) is -4.47. The predicted molar refractivity (Wildman–Crippen MR) is 85.3 cm³/mol. The Morgan fingerprint density at radius 1 is 1.00 bits per heavy atom. The molecule has 10 heteroatoms. The number of nitrogens with zero attached hydrogens (tertiary/aromatic N) is 2. The quantitative estimate of drug-likeness (QED) is 0.748. The van der Waals surface area contributed by atoms with Gasteiger partial charge in [0.2, 0.25) is 12.7 Å². The highest BCUT2D eigenvalue weighted by atomic mass is 19.4. The molecule has 0 fully saturated rings. The van der Waals surface area contributed by atoms with Crippen molar-refractivity contribution in [3.63, 3.8) is 0 Å². The largest absolute Gasteiger partial charge is 0.454 e. The average molecular weight is 377 g/mol. The fourth-order valence-electron chi connectivity index (χ4n) is 2.40. The Morgan fingerprint density at radius 2 is 1.74 bits per heavy atom. The maximum atomic E-state index is 12.6. The van der Waals surface area contributed by atoms with Crippen LogP contribution in [0.25, 0.3) is 11.5 Å². The van der Waals surface area contributed by atoms with E-state index in [4.69, 9.17) is 13.9 Å². The minimum atomic E-state index is -4.47. The summed E-state index contributed by atoms with van der Waals surface area (Å²) in [6.45, 7) is 0.122. The Bertz CT molecular complexity index is 999. The van der Waals surface area contributed by atoms with E-state index in [9.17, 15) is 18.0 Å². The smallest absolute Gasteiger partial charge is 0.416 e. The molecule has 1 aliphatic heterocycles. The number of nitrogens with one attached hydrogen (secondary N) is 1. The fourth-order valence-corrected chi connectivity index (χ4v) is 2.40. The zero-order valence-electron chi connectivity index (χ0n) is 13.4. The zero-order valence-corrected chi connectivity index (χ0v) is 13.4. The van der Waals surface area contributed by atoms with Crippen molar-refractivity contribution in [3.8, 4) is 23.0 Å². The lowest BCUT2D eigenvalue weighted by Gasteiger charge is -2.07. The molecular weight excluding hydrogens is 367 g/mol. The lowest BCUT2D eigenvalue weighted by molar-refractivity contribution is -0.137. The van der Waals surface area contributed by atoms with Crippen LogP contribution in [0, 0.1) is 0 Å². The Balaban J connectivity index is 1.48. The first kappa shape index (κ1) is 16.9. The molecule has 0 bridgehead atoms. The summed E-state index contributed by atoms with van der Waals surface area (Å²) >= 11 is 0. The van der Waals surface area contributed by atoms with Gasteiger partial charge in [0.25, 0.3) is 5.91 Å². The van der Waals surface area contributed by atoms with Crippen LogP contribution < -0.4 is 14.8 Å². The number of anilines is 1. The molecule has 2 heterocycles. The van der Waals surface area contributed by atoms with Crippen molar-refractivity contribution in [2.75, 3.05) is 12.1 Å². The third-order valence-corrected chi connectivity index (χ3v) is 3.74. The lowest BCUT2D eigenvalue weighted by Crippen LogP contribution is -2.13. The molecule has 0 atom stereocenters. The van der Waals surface area contributed by atoms with Crippen molar-refractivity contribution in [1.29, 1.82) is 0 Å². The van der Waals surface area contributed by atoms with E-state index in [2.05, 4.69) is 15.5 Å². The molecule has 27 heavy (non-hydrogen) atoms. The third kappa shape index (κ3) is 3.41. The second-order valence-corrected chi connectivity index (χ2v) is 5.51. The van der Waals surface area contributed by atoms with E-state index < -0.39 is 17.6 Å². The van der Waals surface area contributed by atoms with Gasteiger partial charge in [0.15, 0.2) is 11.5 Å². The van der Waals surface area contributed by atoms with E-state index in [1.54, 1.807) is 18.2 Å². The first-order valence-corrected chi connectivity index (χ1v) is 7.62. The highest BCUT2D eigenvalue weighted by molar-refractivity contribution is 6.03. The van der Waals surface area contributed by atoms with Gasteiger partial charge < -0.3 is 13.9 Å². The minimum Gasteiger partial charge on any atom is -0.454 e. The summed E-state index contributed by atoms with van der Waals surface area (Å²) < 4.78 is 53.5. The zero-order chi connectivity index (χ0) is 19.0. The number of alkyl halides is 3. The van der Waals surface area contributed by atoms with Gasteiger partial charge in [-0.1, -0.05) is 5.10 Å². The first-order valence-electron chi connectivity index (χ1n) is 7.62. The molecule has 2 aromatic carbocycles. The number of benzene rings is 2. The molecule has 0 spiro atoms. The van der Waals surface area contributed by atoms with Crippen molar-refractivity contribution in [2.45, 2.75) is 6.18 Å².